The lowest BCUT2D eigenvalue weighted by Crippen LogP contribution is -2.40. The topological polar surface area (TPSA) is 88.4 Å². The van der Waals surface area contributed by atoms with Crippen molar-refractivity contribution in [2.24, 2.45) is 4.99 Å². The average molecular weight is 585 g/mol. The molecule has 4 aromatic rings. The van der Waals surface area contributed by atoms with Gasteiger partial charge in [0, 0.05) is 12.7 Å². The van der Waals surface area contributed by atoms with Crippen molar-refractivity contribution in [1.29, 1.82) is 0 Å². The zero-order chi connectivity index (χ0) is 29.6. The molecule has 8 nitrogen and oxygen atoms in total. The largest absolute Gasteiger partial charge is 0.496 e. The molecule has 0 amide bonds. The summed E-state index contributed by atoms with van der Waals surface area (Å²) in [6.07, 6.45) is 1.82. The number of benzene rings is 3. The van der Waals surface area contributed by atoms with Crippen molar-refractivity contribution in [2.75, 3.05) is 27.4 Å². The second-order valence-electron chi connectivity index (χ2n) is 9.80. The molecular formula is C33H32N2O6S. The van der Waals surface area contributed by atoms with Crippen molar-refractivity contribution in [3.8, 4) is 11.5 Å². The lowest BCUT2D eigenvalue weighted by Gasteiger charge is -2.26. The van der Waals surface area contributed by atoms with Gasteiger partial charge >= 0.3 is 5.97 Å². The van der Waals surface area contributed by atoms with E-state index in [0.29, 0.717) is 33.0 Å². The second kappa shape index (κ2) is 13.0. The number of nitrogens with zero attached hydrogens (tertiary/aromatic N) is 2. The van der Waals surface area contributed by atoms with Gasteiger partial charge in [-0.25, -0.2) is 9.79 Å². The van der Waals surface area contributed by atoms with E-state index >= 15 is 0 Å². The number of carbonyl (C=O) groups excluding carboxylic acids is 1. The van der Waals surface area contributed by atoms with Crippen LogP contribution in [0.4, 0.5) is 0 Å². The van der Waals surface area contributed by atoms with Gasteiger partial charge in [-0.3, -0.25) is 9.36 Å². The van der Waals surface area contributed by atoms with Crippen molar-refractivity contribution in [2.45, 2.75) is 26.5 Å². The highest BCUT2D eigenvalue weighted by Gasteiger charge is 2.35. The predicted octanol–water partition coefficient (Wildman–Crippen LogP) is 4.32. The SMILES string of the molecule is COCCOC(=O)C1=C(C)N=c2sc(=Cc3ccc(OCc4cccc(C)c4)cc3)c(=O)n2C1c1ccccc1OC. The molecule has 1 atom stereocenters. The highest BCUT2D eigenvalue weighted by atomic mass is 32.1. The Morgan fingerprint density at radius 2 is 1.79 bits per heavy atom. The van der Waals surface area contributed by atoms with Crippen LogP contribution in [-0.2, 0) is 20.9 Å². The van der Waals surface area contributed by atoms with Crippen LogP contribution in [0, 0.1) is 6.92 Å². The van der Waals surface area contributed by atoms with Gasteiger partial charge < -0.3 is 18.9 Å². The highest BCUT2D eigenvalue weighted by molar-refractivity contribution is 7.07. The molecule has 1 aliphatic rings. The van der Waals surface area contributed by atoms with Gasteiger partial charge in [-0.1, -0.05) is 71.5 Å². The molecule has 42 heavy (non-hydrogen) atoms. The van der Waals surface area contributed by atoms with Crippen LogP contribution >= 0.6 is 11.3 Å². The molecule has 216 valence electrons. The number of esters is 1. The third-order valence-electron chi connectivity index (χ3n) is 6.86. The summed E-state index contributed by atoms with van der Waals surface area (Å²) in [4.78, 5) is 32.4. The third kappa shape index (κ3) is 6.22. The number of aryl methyl sites for hydroxylation is 1. The quantitative estimate of drug-likeness (QED) is 0.204. The summed E-state index contributed by atoms with van der Waals surface area (Å²) in [5.41, 5.74) is 4.29. The van der Waals surface area contributed by atoms with Gasteiger partial charge in [-0.15, -0.1) is 0 Å². The van der Waals surface area contributed by atoms with Crippen molar-refractivity contribution in [1.82, 2.24) is 4.57 Å². The number of para-hydroxylation sites is 1. The Bertz CT molecular complexity index is 1800. The maximum Gasteiger partial charge on any atom is 0.338 e. The summed E-state index contributed by atoms with van der Waals surface area (Å²) in [5, 5.41) is 0. The molecule has 1 aromatic heterocycles. The number of carbonyl (C=O) groups is 1. The van der Waals surface area contributed by atoms with Crippen molar-refractivity contribution in [3.05, 3.63) is 126 Å². The monoisotopic (exact) mass is 584 g/mol. The van der Waals surface area contributed by atoms with Crippen molar-refractivity contribution < 1.29 is 23.7 Å². The van der Waals surface area contributed by atoms with Gasteiger partial charge in [0.25, 0.3) is 5.56 Å². The number of thiazole rings is 1. The van der Waals surface area contributed by atoms with Gasteiger partial charge in [-0.05, 0) is 49.2 Å². The number of fused-ring (bicyclic) bond motifs is 1. The number of ether oxygens (including phenoxy) is 4. The Labute approximate surface area is 247 Å². The summed E-state index contributed by atoms with van der Waals surface area (Å²) in [5.74, 6) is 0.730. The standard InChI is InChI=1S/C33H32N2O6S/c1-21-8-7-9-24(18-21)20-41-25-14-12-23(13-15-25)19-28-31(36)35-30(26-10-5-6-11-27(26)39-4)29(22(2)34-33(35)42-28)32(37)40-17-16-38-3/h5-15,18-19,30H,16-17,20H2,1-4H3. The van der Waals surface area contributed by atoms with E-state index < -0.39 is 12.0 Å². The number of methoxy groups -OCH3 is 2. The molecule has 2 heterocycles. The number of aromatic nitrogens is 1. The first-order chi connectivity index (χ1) is 20.4. The van der Waals surface area contributed by atoms with Gasteiger partial charge in [-0.2, -0.15) is 0 Å². The molecule has 1 unspecified atom stereocenters. The van der Waals surface area contributed by atoms with Crippen molar-refractivity contribution >= 4 is 23.4 Å². The van der Waals surface area contributed by atoms with Gasteiger partial charge in [0.2, 0.25) is 0 Å². The van der Waals surface area contributed by atoms with E-state index in [-0.39, 0.29) is 24.3 Å². The van der Waals surface area contributed by atoms with E-state index in [2.05, 4.69) is 24.0 Å². The minimum atomic E-state index is -0.771. The van der Waals surface area contributed by atoms with E-state index in [0.717, 1.165) is 16.9 Å². The van der Waals surface area contributed by atoms with E-state index in [9.17, 15) is 9.59 Å². The maximum atomic E-state index is 13.9. The number of hydrogen-bond acceptors (Lipinski definition) is 8. The van der Waals surface area contributed by atoms with Gasteiger partial charge in [0.15, 0.2) is 4.80 Å². The minimum Gasteiger partial charge on any atom is -0.496 e. The molecule has 0 fully saturated rings. The lowest BCUT2D eigenvalue weighted by molar-refractivity contribution is -0.140. The normalized spacial score (nSPS) is 14.8. The summed E-state index contributed by atoms with van der Waals surface area (Å²) >= 11 is 1.27. The Balaban J connectivity index is 1.50. The first-order valence-electron chi connectivity index (χ1n) is 13.5. The van der Waals surface area contributed by atoms with E-state index in [1.807, 2.05) is 60.7 Å². The fraction of sp³-hybridized carbons (Fsp3) is 0.242. The zero-order valence-electron chi connectivity index (χ0n) is 24.0. The Hall–Kier alpha value is -4.47. The van der Waals surface area contributed by atoms with Crippen LogP contribution in [0.2, 0.25) is 0 Å². The van der Waals surface area contributed by atoms with Gasteiger partial charge in [0.1, 0.15) is 30.8 Å². The molecule has 5 rings (SSSR count). The molecule has 0 N–H and O–H groups in total. The number of hydrogen-bond donors (Lipinski definition) is 0. The van der Waals surface area contributed by atoms with Crippen LogP contribution in [0.1, 0.15) is 35.2 Å². The number of allylic oxidation sites excluding steroid dienone is 1. The van der Waals surface area contributed by atoms with Crippen LogP contribution in [0.5, 0.6) is 11.5 Å². The third-order valence-corrected chi connectivity index (χ3v) is 7.84. The van der Waals surface area contributed by atoms with Crippen LogP contribution in [0.25, 0.3) is 6.08 Å². The molecule has 9 heteroatoms. The Kier molecular flexibility index (Phi) is 9.00. The fourth-order valence-corrected chi connectivity index (χ4v) is 5.89. The molecule has 0 aliphatic carbocycles. The fourth-order valence-electron chi connectivity index (χ4n) is 4.84. The van der Waals surface area contributed by atoms with E-state index in [4.69, 9.17) is 18.9 Å². The van der Waals surface area contributed by atoms with Crippen LogP contribution in [0.3, 0.4) is 0 Å². The Morgan fingerprint density at radius 3 is 2.52 bits per heavy atom. The molecule has 0 radical (unpaired) electrons. The zero-order valence-corrected chi connectivity index (χ0v) is 24.8. The Morgan fingerprint density at radius 1 is 1.00 bits per heavy atom. The van der Waals surface area contributed by atoms with E-state index in [1.165, 1.54) is 24.0 Å². The molecule has 0 saturated carbocycles. The van der Waals surface area contributed by atoms with E-state index in [1.54, 1.807) is 24.7 Å². The summed E-state index contributed by atoms with van der Waals surface area (Å²) < 4.78 is 24.1. The molecule has 0 bridgehead atoms. The highest BCUT2D eigenvalue weighted by Crippen LogP contribution is 2.35. The van der Waals surface area contributed by atoms with Crippen LogP contribution < -0.4 is 24.4 Å². The molecular weight excluding hydrogens is 552 g/mol. The summed E-state index contributed by atoms with van der Waals surface area (Å²) in [6, 6.07) is 22.3. The second-order valence-corrected chi connectivity index (χ2v) is 10.8. The lowest BCUT2D eigenvalue weighted by atomic mass is 9.95. The maximum absolute atomic E-state index is 13.9. The molecule has 3 aromatic carbocycles. The first-order valence-corrected chi connectivity index (χ1v) is 14.3. The smallest absolute Gasteiger partial charge is 0.338 e. The minimum absolute atomic E-state index is 0.0832. The molecule has 0 spiro atoms. The summed E-state index contributed by atoms with van der Waals surface area (Å²) in [6.45, 7) is 4.62. The molecule has 1 aliphatic heterocycles. The summed E-state index contributed by atoms with van der Waals surface area (Å²) in [7, 11) is 3.09. The predicted molar refractivity (Wildman–Crippen MR) is 162 cm³/mol. The average Bonchev–Trinajstić information content (AvgIpc) is 3.30. The number of rotatable bonds is 10. The van der Waals surface area contributed by atoms with Crippen molar-refractivity contribution in [3.63, 3.8) is 0 Å². The molecule has 0 saturated heterocycles. The first kappa shape index (κ1) is 29.0. The van der Waals surface area contributed by atoms with Crippen LogP contribution in [-0.4, -0.2) is 38.0 Å². The van der Waals surface area contributed by atoms with Crippen LogP contribution in [0.15, 0.2) is 93.9 Å². The van der Waals surface area contributed by atoms with Gasteiger partial charge in [0.05, 0.1) is 29.5 Å².